The fourth-order valence-corrected chi connectivity index (χ4v) is 3.03. The largest absolute Gasteiger partial charge is 0.485 e. The summed E-state index contributed by atoms with van der Waals surface area (Å²) < 4.78 is 18.7. The number of hydrogen-bond acceptors (Lipinski definition) is 4. The van der Waals surface area contributed by atoms with E-state index in [1.165, 1.54) is 0 Å². The van der Waals surface area contributed by atoms with Crippen molar-refractivity contribution in [3.63, 3.8) is 0 Å². The Hall–Kier alpha value is -1.52. The van der Waals surface area contributed by atoms with E-state index in [1.54, 1.807) is 0 Å². The van der Waals surface area contributed by atoms with E-state index in [0.717, 1.165) is 23.5 Å². The molecular formula is C20H31NO3. The van der Waals surface area contributed by atoms with Gasteiger partial charge in [0.1, 0.15) is 23.6 Å². The Balaban J connectivity index is 2.40. The van der Waals surface area contributed by atoms with Gasteiger partial charge in [0.25, 0.3) is 0 Å². The Bertz CT molecular complexity index is 566. The van der Waals surface area contributed by atoms with Crippen LogP contribution in [0.2, 0.25) is 0 Å². The molecule has 2 atom stereocenters. The quantitative estimate of drug-likeness (QED) is 0.733. The van der Waals surface area contributed by atoms with Gasteiger partial charge in [0, 0.05) is 17.8 Å². The Morgan fingerprint density at radius 2 is 2.08 bits per heavy atom. The first kappa shape index (κ1) is 18.8. The molecule has 0 bridgehead atoms. The lowest BCUT2D eigenvalue weighted by molar-refractivity contribution is -0.168. The molecule has 1 aliphatic heterocycles. The van der Waals surface area contributed by atoms with Gasteiger partial charge in [0.2, 0.25) is 0 Å². The highest BCUT2D eigenvalue weighted by Crippen LogP contribution is 2.44. The molecule has 4 heteroatoms. The van der Waals surface area contributed by atoms with E-state index in [1.807, 2.05) is 31.2 Å². The number of rotatable bonds is 7. The average Bonchev–Trinajstić information content (AvgIpc) is 2.50. The minimum atomic E-state index is -0.464. The second-order valence-electron chi connectivity index (χ2n) is 6.92. The maximum absolute atomic E-state index is 6.27. The van der Waals surface area contributed by atoms with E-state index in [2.05, 4.69) is 46.0 Å². The van der Waals surface area contributed by atoms with E-state index in [-0.39, 0.29) is 18.3 Å². The molecule has 0 saturated heterocycles. The summed E-state index contributed by atoms with van der Waals surface area (Å²) in [6, 6.07) is 6.19. The summed E-state index contributed by atoms with van der Waals surface area (Å²) in [5, 5.41) is 3.36. The zero-order valence-electron chi connectivity index (χ0n) is 15.8. The van der Waals surface area contributed by atoms with Gasteiger partial charge in [0.05, 0.1) is 12.7 Å². The Kier molecular flexibility index (Phi) is 6.30. The van der Waals surface area contributed by atoms with Crippen molar-refractivity contribution >= 4 is 5.69 Å². The molecule has 1 heterocycles. The minimum Gasteiger partial charge on any atom is -0.485 e. The maximum Gasteiger partial charge on any atom is 0.132 e. The summed E-state index contributed by atoms with van der Waals surface area (Å²) >= 11 is 0. The van der Waals surface area contributed by atoms with Crippen molar-refractivity contribution < 1.29 is 14.2 Å². The topological polar surface area (TPSA) is 39.7 Å². The molecular weight excluding hydrogens is 302 g/mol. The van der Waals surface area contributed by atoms with Crippen molar-refractivity contribution in [3.8, 4) is 5.75 Å². The molecule has 0 radical (unpaired) electrons. The molecule has 24 heavy (non-hydrogen) atoms. The highest BCUT2D eigenvalue weighted by Gasteiger charge is 2.45. The summed E-state index contributed by atoms with van der Waals surface area (Å²) in [5.74, 6) is 0.873. The lowest BCUT2D eigenvalue weighted by Crippen LogP contribution is -2.51. The number of nitrogens with one attached hydrogen (secondary N) is 1. The van der Waals surface area contributed by atoms with E-state index in [9.17, 15) is 0 Å². The number of fused-ring (bicyclic) bond motifs is 1. The van der Waals surface area contributed by atoms with Crippen LogP contribution in [0.25, 0.3) is 0 Å². The third kappa shape index (κ3) is 4.31. The van der Waals surface area contributed by atoms with Crippen molar-refractivity contribution in [3.05, 3.63) is 35.9 Å². The van der Waals surface area contributed by atoms with Crippen molar-refractivity contribution in [2.24, 2.45) is 0 Å². The van der Waals surface area contributed by atoms with Gasteiger partial charge >= 0.3 is 0 Å². The standard InChI is InChI=1S/C20H31NO3/c1-7-9-12-22-19-18(23-14(3)4)16-13-15(21-8-2)10-11-17(16)24-20(19,5)6/h7,9-11,13-14,18-19,21H,8,12H2,1-6H3/b9-7+. The van der Waals surface area contributed by atoms with Crippen LogP contribution in [-0.4, -0.2) is 31.0 Å². The molecule has 1 aromatic rings. The van der Waals surface area contributed by atoms with E-state index < -0.39 is 5.60 Å². The van der Waals surface area contributed by atoms with E-state index in [0.29, 0.717) is 6.61 Å². The van der Waals surface area contributed by atoms with Gasteiger partial charge in [-0.3, -0.25) is 0 Å². The van der Waals surface area contributed by atoms with Crippen LogP contribution in [0.15, 0.2) is 30.4 Å². The van der Waals surface area contributed by atoms with Crippen LogP contribution in [0.5, 0.6) is 5.75 Å². The normalized spacial score (nSPS) is 22.5. The monoisotopic (exact) mass is 333 g/mol. The molecule has 0 aromatic heterocycles. The van der Waals surface area contributed by atoms with Crippen LogP contribution in [0.3, 0.4) is 0 Å². The summed E-state index contributed by atoms with van der Waals surface area (Å²) in [6.45, 7) is 13.7. The molecule has 0 spiro atoms. The Labute approximate surface area is 146 Å². The molecule has 4 nitrogen and oxygen atoms in total. The third-order valence-electron chi connectivity index (χ3n) is 4.06. The van der Waals surface area contributed by atoms with Gasteiger partial charge in [-0.1, -0.05) is 12.2 Å². The zero-order chi connectivity index (χ0) is 17.7. The van der Waals surface area contributed by atoms with Gasteiger partial charge < -0.3 is 19.5 Å². The molecule has 134 valence electrons. The van der Waals surface area contributed by atoms with Crippen molar-refractivity contribution in [2.45, 2.75) is 65.5 Å². The first-order valence-electron chi connectivity index (χ1n) is 8.84. The average molecular weight is 333 g/mol. The van der Waals surface area contributed by atoms with Crippen molar-refractivity contribution in [1.29, 1.82) is 0 Å². The molecule has 1 N–H and O–H groups in total. The van der Waals surface area contributed by atoms with Crippen LogP contribution in [-0.2, 0) is 9.47 Å². The summed E-state index contributed by atoms with van der Waals surface area (Å²) in [4.78, 5) is 0. The van der Waals surface area contributed by atoms with Gasteiger partial charge in [-0.25, -0.2) is 0 Å². The number of hydrogen-bond donors (Lipinski definition) is 1. The van der Waals surface area contributed by atoms with E-state index >= 15 is 0 Å². The molecule has 2 rings (SSSR count). The number of benzene rings is 1. The highest BCUT2D eigenvalue weighted by molar-refractivity contribution is 5.53. The molecule has 1 aromatic carbocycles. The van der Waals surface area contributed by atoms with Gasteiger partial charge in [0.15, 0.2) is 0 Å². The summed E-state index contributed by atoms with van der Waals surface area (Å²) in [6.07, 6.45) is 3.76. The first-order valence-corrected chi connectivity index (χ1v) is 8.84. The second-order valence-corrected chi connectivity index (χ2v) is 6.92. The fraction of sp³-hybridized carbons (Fsp3) is 0.600. The van der Waals surface area contributed by atoms with Crippen molar-refractivity contribution in [1.82, 2.24) is 0 Å². The Morgan fingerprint density at radius 3 is 2.71 bits per heavy atom. The Morgan fingerprint density at radius 1 is 1.33 bits per heavy atom. The lowest BCUT2D eigenvalue weighted by Gasteiger charge is -2.44. The van der Waals surface area contributed by atoms with E-state index in [4.69, 9.17) is 14.2 Å². The summed E-state index contributed by atoms with van der Waals surface area (Å²) in [5.41, 5.74) is 1.66. The predicted octanol–water partition coefficient (Wildman–Crippen LogP) is 4.72. The smallest absolute Gasteiger partial charge is 0.132 e. The maximum atomic E-state index is 6.27. The van der Waals surface area contributed by atoms with Gasteiger partial charge in [-0.05, 0) is 59.7 Å². The molecule has 0 saturated carbocycles. The van der Waals surface area contributed by atoms with Crippen molar-refractivity contribution in [2.75, 3.05) is 18.5 Å². The number of ether oxygens (including phenoxy) is 3. The first-order chi connectivity index (χ1) is 11.4. The third-order valence-corrected chi connectivity index (χ3v) is 4.06. The van der Waals surface area contributed by atoms with Crippen LogP contribution in [0, 0.1) is 0 Å². The molecule has 0 aliphatic carbocycles. The van der Waals surface area contributed by atoms with Gasteiger partial charge in [-0.15, -0.1) is 0 Å². The van der Waals surface area contributed by atoms with Gasteiger partial charge in [-0.2, -0.15) is 0 Å². The number of allylic oxidation sites excluding steroid dienone is 1. The SMILES string of the molecule is C/C=C/COC1C(OC(C)C)c2cc(NCC)ccc2OC1(C)C. The highest BCUT2D eigenvalue weighted by atomic mass is 16.6. The lowest BCUT2D eigenvalue weighted by atomic mass is 9.87. The number of anilines is 1. The minimum absolute atomic E-state index is 0.104. The zero-order valence-corrected chi connectivity index (χ0v) is 15.8. The second kappa shape index (κ2) is 8.04. The van der Waals surface area contributed by atoms with Crippen LogP contribution in [0.1, 0.15) is 53.2 Å². The molecule has 2 unspecified atom stereocenters. The fourth-order valence-electron chi connectivity index (χ4n) is 3.03. The molecule has 0 amide bonds. The predicted molar refractivity (Wildman–Crippen MR) is 98.8 cm³/mol. The summed E-state index contributed by atoms with van der Waals surface area (Å²) in [7, 11) is 0. The van der Waals surface area contributed by atoms with Crippen LogP contribution < -0.4 is 10.1 Å². The molecule has 1 aliphatic rings. The van der Waals surface area contributed by atoms with Crippen LogP contribution >= 0.6 is 0 Å². The molecule has 0 fully saturated rings. The van der Waals surface area contributed by atoms with Crippen LogP contribution in [0.4, 0.5) is 5.69 Å².